The zero-order valence-electron chi connectivity index (χ0n) is 46.0. The Balaban J connectivity index is 0.00000263. The van der Waals surface area contributed by atoms with Crippen molar-refractivity contribution in [3.63, 3.8) is 0 Å². The molecule has 10 N–H and O–H groups in total. The van der Waals surface area contributed by atoms with Crippen molar-refractivity contribution >= 4 is 69.1 Å². The predicted molar refractivity (Wildman–Crippen MR) is 289 cm³/mol. The number of nitrogens with one attached hydrogen (secondary N) is 2. The average molecular weight is 1160 g/mol. The van der Waals surface area contributed by atoms with Crippen LogP contribution < -0.4 is 16.4 Å². The van der Waals surface area contributed by atoms with Crippen molar-refractivity contribution in [2.45, 2.75) is 171 Å². The highest BCUT2D eigenvalue weighted by Crippen LogP contribution is 2.61. The van der Waals surface area contributed by atoms with Gasteiger partial charge in [-0.3, -0.25) is 32.5 Å². The molecule has 0 saturated carbocycles. The van der Waals surface area contributed by atoms with Gasteiger partial charge in [-0.05, 0) is 43.3 Å². The molecule has 1 saturated heterocycles. The summed E-state index contributed by atoms with van der Waals surface area (Å²) in [7, 11) is -16.4. The van der Waals surface area contributed by atoms with Gasteiger partial charge < -0.3 is 55.8 Å². The number of phosphoric acid groups is 3. The summed E-state index contributed by atoms with van der Waals surface area (Å²) in [5.74, 6) is 1.45. The minimum atomic E-state index is -5.58. The first-order valence-corrected chi connectivity index (χ1v) is 31.7. The van der Waals surface area contributed by atoms with E-state index in [1.165, 1.54) is 72.0 Å². The first kappa shape index (κ1) is 69.6. The summed E-state index contributed by atoms with van der Waals surface area (Å²) in [5, 5.41) is 26.7. The van der Waals surface area contributed by atoms with E-state index in [0.717, 1.165) is 60.1 Å². The Kier molecular flexibility index (Phi) is 31.1. The van der Waals surface area contributed by atoms with Gasteiger partial charge in [0.25, 0.3) is 0 Å². The lowest BCUT2D eigenvalue weighted by atomic mass is 9.87. The normalized spacial score (nSPS) is 20.3. The number of imidazole rings is 1. The molecule has 1 fully saturated rings. The number of amides is 2. The number of nitrogens with two attached hydrogens (primary N) is 1. The van der Waals surface area contributed by atoms with E-state index in [1.807, 2.05) is 0 Å². The van der Waals surface area contributed by atoms with Crippen LogP contribution in [0, 0.1) is 29.1 Å². The minimum absolute atomic E-state index is 0.0332. The maximum absolute atomic E-state index is 12.8. The summed E-state index contributed by atoms with van der Waals surface area (Å²) in [6.07, 6.45) is 4.52. The van der Waals surface area contributed by atoms with E-state index in [0.29, 0.717) is 18.1 Å². The molecule has 29 heteroatoms. The van der Waals surface area contributed by atoms with E-state index >= 15 is 0 Å². The number of aliphatic hydroxyl groups excluding tert-OH is 2. The number of nitrogens with zero attached hydrogens (tertiary/aromatic N) is 5. The maximum atomic E-state index is 12.8. The van der Waals surface area contributed by atoms with Crippen LogP contribution >= 0.6 is 35.2 Å². The van der Waals surface area contributed by atoms with Gasteiger partial charge in [-0.15, -0.1) is 0 Å². The molecule has 0 spiro atoms. The van der Waals surface area contributed by atoms with Crippen LogP contribution in [0.5, 0.6) is 0 Å². The number of carbonyl (C=O) groups excluding carboxylic acids is 3. The Hall–Kier alpha value is -2.48. The van der Waals surface area contributed by atoms with Crippen LogP contribution in [-0.2, 0) is 50.7 Å². The molecular weight excluding hydrogens is 1070 g/mol. The molecule has 0 aliphatic carbocycles. The third-order valence-corrected chi connectivity index (χ3v) is 16.9. The molecule has 1 aliphatic heterocycles. The van der Waals surface area contributed by atoms with E-state index in [2.05, 4.69) is 94.7 Å². The molecule has 2 amide bonds. The summed E-state index contributed by atoms with van der Waals surface area (Å²) >= 11 is 1.16. The Bertz CT molecular complexity index is 2200. The van der Waals surface area contributed by atoms with Gasteiger partial charge in [0.05, 0.1) is 19.5 Å². The van der Waals surface area contributed by atoms with Crippen LogP contribution in [0.1, 0.15) is 146 Å². The van der Waals surface area contributed by atoms with Crippen molar-refractivity contribution in [2.75, 3.05) is 57.4 Å². The molecule has 0 bridgehead atoms. The molecule has 25 nitrogen and oxygen atoms in total. The number of aromatic nitrogens is 4. The second-order valence-corrected chi connectivity index (χ2v) is 26.0. The fourth-order valence-electron chi connectivity index (χ4n) is 8.20. The molecule has 76 heavy (non-hydrogen) atoms. The quantitative estimate of drug-likeness (QED) is 0.0260. The number of nitrogen functional groups attached to an aromatic ring is 1. The molecule has 2 aromatic heterocycles. The highest BCUT2D eigenvalue weighted by atomic mass is 32.2. The second kappa shape index (κ2) is 34.0. The van der Waals surface area contributed by atoms with Crippen LogP contribution in [0.2, 0.25) is 0 Å². The summed E-state index contributed by atoms with van der Waals surface area (Å²) in [4.78, 5) is 91.2. The van der Waals surface area contributed by atoms with Crippen molar-refractivity contribution in [2.24, 2.45) is 29.1 Å². The second-order valence-electron chi connectivity index (χ2n) is 20.6. The lowest BCUT2D eigenvalue weighted by molar-refractivity contribution is -0.137. The van der Waals surface area contributed by atoms with Crippen LogP contribution in [0.25, 0.3) is 11.2 Å². The van der Waals surface area contributed by atoms with Gasteiger partial charge in [0.15, 0.2) is 22.8 Å². The first-order chi connectivity index (χ1) is 35.4. The van der Waals surface area contributed by atoms with Gasteiger partial charge in [0.1, 0.15) is 36.3 Å². The molecular formula is C47H89N8O17P3S. The minimum Gasteiger partial charge on any atom is -0.386 e. The number of ether oxygens (including phenoxy) is 1. The van der Waals surface area contributed by atoms with Gasteiger partial charge in [0.2, 0.25) is 11.8 Å². The number of anilines is 1. The number of aliphatic hydroxyl groups is 2. The number of thioether (sulfide) groups is 1. The predicted octanol–water partition coefficient (Wildman–Crippen LogP) is 6.48. The summed E-state index contributed by atoms with van der Waals surface area (Å²) in [6.45, 7) is 22.0. The summed E-state index contributed by atoms with van der Waals surface area (Å²) < 4.78 is 62.5. The highest BCUT2D eigenvalue weighted by Gasteiger charge is 2.50. The van der Waals surface area contributed by atoms with Crippen molar-refractivity contribution in [3.8, 4) is 0 Å². The number of rotatable bonds is 36. The molecule has 10 atom stereocenters. The van der Waals surface area contributed by atoms with Crippen LogP contribution in [0.15, 0.2) is 12.7 Å². The Labute approximate surface area is 452 Å². The van der Waals surface area contributed by atoms with Gasteiger partial charge >= 0.3 is 23.5 Å². The zero-order valence-corrected chi connectivity index (χ0v) is 49.5. The van der Waals surface area contributed by atoms with E-state index in [1.54, 1.807) is 0 Å². The standard InChI is InChI=1S/C41H74N7O17P3S.C6H15N/c1-26(2)11-8-12-27(3)13-9-14-28(4)15-10-16-29(5)21-32(50)69-20-19-43-31(49)17-18-44-39(53)36(52)41(6,7)23-62-68(59,60)65-67(57,58)61-22-30-35(64-66(54,55)56)34(51)40(63-30)48-25-47-33-37(42)45-24-46-38(33)48;1-4-7(5-2)6-3/h24-30,34-36,40,51-52H,8-23H2,1-7H3,(H,43,49)(H,44,53)(H,57,58)(H,59,60)(H2,42,45,46)(H2,54,55,56);4-6H2,1-3H3/t27?,28?,29?,30-,34-,35-,36+,40-;/m1./s1. The first-order valence-electron chi connectivity index (χ1n) is 26.2. The van der Waals surface area contributed by atoms with E-state index in [9.17, 15) is 57.9 Å². The van der Waals surface area contributed by atoms with Crippen molar-refractivity contribution in [1.82, 2.24) is 35.1 Å². The summed E-state index contributed by atoms with van der Waals surface area (Å²) in [6, 6.07) is 0. The number of hydrogen-bond acceptors (Lipinski definition) is 19. The van der Waals surface area contributed by atoms with E-state index in [4.69, 9.17) is 19.5 Å². The fraction of sp³-hybridized carbons (Fsp3) is 0.830. The Morgan fingerprint density at radius 1 is 0.842 bits per heavy atom. The molecule has 5 unspecified atom stereocenters. The summed E-state index contributed by atoms with van der Waals surface area (Å²) in [5.41, 5.74) is 4.29. The number of fused-ring (bicyclic) bond motifs is 1. The Morgan fingerprint density at radius 3 is 1.96 bits per heavy atom. The average Bonchev–Trinajstić information content (AvgIpc) is 3.89. The van der Waals surface area contributed by atoms with Crippen LogP contribution in [0.4, 0.5) is 5.82 Å². The van der Waals surface area contributed by atoms with Gasteiger partial charge in [-0.25, -0.2) is 28.6 Å². The highest BCUT2D eigenvalue weighted by molar-refractivity contribution is 8.13. The van der Waals surface area contributed by atoms with Crippen molar-refractivity contribution in [3.05, 3.63) is 12.7 Å². The van der Waals surface area contributed by atoms with Gasteiger partial charge in [-0.1, -0.05) is 139 Å². The van der Waals surface area contributed by atoms with Crippen LogP contribution in [0.3, 0.4) is 0 Å². The molecule has 0 aromatic carbocycles. The molecule has 3 rings (SSSR count). The molecule has 2 aromatic rings. The third kappa shape index (κ3) is 26.7. The van der Waals surface area contributed by atoms with Gasteiger partial charge in [0, 0.05) is 37.1 Å². The SMILES string of the molecule is CC(C)CCCC(C)CCCC(C)CCCC(C)CC(=O)SCCNC(=O)CCNC(=O)[C@H](O)C(C)(C)COP(=O)(O)OP(=O)(O)OC[C@H]1O[C@@H](n2cnc3c(N)ncnc32)[C@H](O)[C@@H]1OP(=O)(O)O.CCN(CC)CC. The molecule has 0 radical (unpaired) electrons. The topological polar surface area (TPSA) is 367 Å². The third-order valence-electron chi connectivity index (χ3n) is 12.9. The zero-order chi connectivity index (χ0) is 57.4. The Morgan fingerprint density at radius 2 is 1.41 bits per heavy atom. The monoisotopic (exact) mass is 1160 g/mol. The molecule has 3 heterocycles. The van der Waals surface area contributed by atoms with E-state index in [-0.39, 0.29) is 47.5 Å². The van der Waals surface area contributed by atoms with Crippen molar-refractivity contribution in [1.29, 1.82) is 0 Å². The van der Waals surface area contributed by atoms with Gasteiger partial charge in [-0.2, -0.15) is 4.31 Å². The lowest BCUT2D eigenvalue weighted by Crippen LogP contribution is -2.46. The number of carbonyl (C=O) groups is 3. The van der Waals surface area contributed by atoms with E-state index < -0.39 is 84.6 Å². The molecule has 1 aliphatic rings. The molecule has 440 valence electrons. The maximum Gasteiger partial charge on any atom is 0.481 e. The lowest BCUT2D eigenvalue weighted by Gasteiger charge is -2.30. The largest absolute Gasteiger partial charge is 0.481 e. The fourth-order valence-corrected chi connectivity index (χ4v) is 11.9. The smallest absolute Gasteiger partial charge is 0.386 e. The number of hydrogen-bond donors (Lipinski definition) is 9. The van der Waals surface area contributed by atoms with Crippen molar-refractivity contribution < 1.29 is 80.5 Å². The van der Waals surface area contributed by atoms with Crippen LogP contribution in [-0.4, -0.2) is 147 Å². The number of phosphoric ester groups is 3.